The van der Waals surface area contributed by atoms with Crippen molar-refractivity contribution in [3.63, 3.8) is 0 Å². The number of carbonyl (C=O) groups is 1. The summed E-state index contributed by atoms with van der Waals surface area (Å²) in [5.41, 5.74) is 1.86. The molecule has 0 saturated carbocycles. The highest BCUT2D eigenvalue weighted by atomic mass is 16.5. The van der Waals surface area contributed by atoms with Crippen molar-refractivity contribution < 1.29 is 9.53 Å². The predicted molar refractivity (Wildman–Crippen MR) is 82.7 cm³/mol. The summed E-state index contributed by atoms with van der Waals surface area (Å²) in [6.45, 7) is 1.98. The highest BCUT2D eigenvalue weighted by molar-refractivity contribution is 5.57. The molecule has 2 rings (SSSR count). The minimum atomic E-state index is -0.266. The Morgan fingerprint density at radius 3 is 2.86 bits per heavy atom. The minimum Gasteiger partial charge on any atom is -0.481 e. The number of aromatic amines is 1. The number of rotatable bonds is 7. The summed E-state index contributed by atoms with van der Waals surface area (Å²) in [7, 11) is 1.56. The number of hydrogen-bond donors (Lipinski definition) is 2. The predicted octanol–water partition coefficient (Wildman–Crippen LogP) is 1.61. The Balaban J connectivity index is 2.28. The molecule has 2 N–H and O–H groups in total. The van der Waals surface area contributed by atoms with Gasteiger partial charge in [-0.05, 0) is 18.9 Å². The van der Waals surface area contributed by atoms with Gasteiger partial charge in [0.15, 0.2) is 0 Å². The van der Waals surface area contributed by atoms with Crippen molar-refractivity contribution in [3.05, 3.63) is 39.9 Å². The van der Waals surface area contributed by atoms with Gasteiger partial charge in [-0.25, -0.2) is 9.97 Å². The molecule has 0 aliphatic carbocycles. The van der Waals surface area contributed by atoms with Crippen LogP contribution in [0.15, 0.2) is 23.0 Å². The third-order valence-corrected chi connectivity index (χ3v) is 3.06. The van der Waals surface area contributed by atoms with Gasteiger partial charge in [-0.3, -0.25) is 9.78 Å². The molecule has 0 aliphatic heterocycles. The van der Waals surface area contributed by atoms with Crippen LogP contribution in [0.5, 0.6) is 5.88 Å². The van der Waals surface area contributed by atoms with Crippen LogP contribution in [0, 0.1) is 0 Å². The zero-order chi connectivity index (χ0) is 15.9. The molecule has 7 heteroatoms. The van der Waals surface area contributed by atoms with E-state index < -0.39 is 0 Å². The molecule has 0 aliphatic rings. The fourth-order valence-electron chi connectivity index (χ4n) is 2.01. The van der Waals surface area contributed by atoms with Crippen LogP contribution >= 0.6 is 0 Å². The van der Waals surface area contributed by atoms with E-state index in [1.54, 1.807) is 13.2 Å². The van der Waals surface area contributed by atoms with Gasteiger partial charge in [0.2, 0.25) is 11.8 Å². The molecule has 22 heavy (non-hydrogen) atoms. The van der Waals surface area contributed by atoms with Gasteiger partial charge in [0, 0.05) is 18.6 Å². The zero-order valence-corrected chi connectivity index (χ0v) is 12.5. The summed E-state index contributed by atoms with van der Waals surface area (Å²) < 4.78 is 5.10. The number of nitrogens with zero attached hydrogens (tertiary/aromatic N) is 2. The first-order valence-electron chi connectivity index (χ1n) is 7.01. The fraction of sp³-hybridized carbons (Fsp3) is 0.333. The highest BCUT2D eigenvalue weighted by Crippen LogP contribution is 2.20. The number of H-pyrrole nitrogens is 1. The number of anilines is 2. The van der Waals surface area contributed by atoms with Gasteiger partial charge in [0.05, 0.1) is 24.2 Å². The SMILES string of the molecule is CCc1nc(OC)ccc1Nc1nc(CCC=O)cc(=O)[nH]1. The summed E-state index contributed by atoms with van der Waals surface area (Å²) >= 11 is 0. The smallest absolute Gasteiger partial charge is 0.252 e. The normalized spacial score (nSPS) is 10.3. The van der Waals surface area contributed by atoms with E-state index in [9.17, 15) is 9.59 Å². The Labute approximate surface area is 127 Å². The molecule has 0 fully saturated rings. The van der Waals surface area contributed by atoms with Crippen LogP contribution in [0.1, 0.15) is 24.7 Å². The van der Waals surface area contributed by atoms with Crippen molar-refractivity contribution in [1.29, 1.82) is 0 Å². The molecule has 0 unspecified atom stereocenters. The largest absolute Gasteiger partial charge is 0.481 e. The Morgan fingerprint density at radius 2 is 2.18 bits per heavy atom. The third kappa shape index (κ3) is 3.91. The van der Waals surface area contributed by atoms with Crippen LogP contribution in [-0.4, -0.2) is 28.3 Å². The van der Waals surface area contributed by atoms with Crippen molar-refractivity contribution >= 4 is 17.9 Å². The molecule has 0 amide bonds. The number of hydrogen-bond acceptors (Lipinski definition) is 6. The average molecular weight is 302 g/mol. The fourth-order valence-corrected chi connectivity index (χ4v) is 2.01. The standard InChI is InChI=1S/C15H18N4O3/c1-3-11-12(6-7-14(17-11)22-2)18-15-16-10(5-4-8-20)9-13(21)19-15/h6-9H,3-5H2,1-2H3,(H2,16,18,19,21). The van der Waals surface area contributed by atoms with E-state index >= 15 is 0 Å². The number of carbonyl (C=O) groups excluding carboxylic acids is 1. The van der Waals surface area contributed by atoms with E-state index in [1.807, 2.05) is 13.0 Å². The molecule has 0 spiro atoms. The first kappa shape index (κ1) is 15.7. The molecule has 0 saturated heterocycles. The van der Waals surface area contributed by atoms with Crippen LogP contribution < -0.4 is 15.6 Å². The summed E-state index contributed by atoms with van der Waals surface area (Å²) in [6, 6.07) is 4.94. The monoisotopic (exact) mass is 302 g/mol. The van der Waals surface area contributed by atoms with E-state index in [-0.39, 0.29) is 5.56 Å². The summed E-state index contributed by atoms with van der Waals surface area (Å²) in [4.78, 5) is 33.4. The lowest BCUT2D eigenvalue weighted by molar-refractivity contribution is -0.107. The second-order valence-corrected chi connectivity index (χ2v) is 4.62. The Kier molecular flexibility index (Phi) is 5.24. The lowest BCUT2D eigenvalue weighted by Gasteiger charge is -2.11. The van der Waals surface area contributed by atoms with E-state index in [0.717, 1.165) is 17.7 Å². The number of aryl methyl sites for hydroxylation is 2. The zero-order valence-electron chi connectivity index (χ0n) is 12.5. The molecular weight excluding hydrogens is 284 g/mol. The van der Waals surface area contributed by atoms with Crippen LogP contribution in [0.2, 0.25) is 0 Å². The summed E-state index contributed by atoms with van der Waals surface area (Å²) in [5.74, 6) is 0.860. The number of nitrogens with one attached hydrogen (secondary N) is 2. The Bertz CT molecular complexity index is 712. The van der Waals surface area contributed by atoms with Gasteiger partial charge >= 0.3 is 0 Å². The number of ether oxygens (including phenoxy) is 1. The highest BCUT2D eigenvalue weighted by Gasteiger charge is 2.07. The maximum atomic E-state index is 11.7. The van der Waals surface area contributed by atoms with Gasteiger partial charge in [-0.2, -0.15) is 0 Å². The molecule has 0 atom stereocenters. The quantitative estimate of drug-likeness (QED) is 0.754. The van der Waals surface area contributed by atoms with Gasteiger partial charge in [-0.15, -0.1) is 0 Å². The van der Waals surface area contributed by atoms with Crippen molar-refractivity contribution in [3.8, 4) is 5.88 Å². The molecule has 0 bridgehead atoms. The van der Waals surface area contributed by atoms with Crippen molar-refractivity contribution in [1.82, 2.24) is 15.0 Å². The van der Waals surface area contributed by atoms with Gasteiger partial charge in [0.1, 0.15) is 6.29 Å². The first-order valence-corrected chi connectivity index (χ1v) is 7.01. The lowest BCUT2D eigenvalue weighted by Crippen LogP contribution is -2.13. The summed E-state index contributed by atoms with van der Waals surface area (Å²) in [6.07, 6.45) is 2.27. The Hall–Kier alpha value is -2.70. The lowest BCUT2D eigenvalue weighted by atomic mass is 10.2. The van der Waals surface area contributed by atoms with Crippen LogP contribution in [0.25, 0.3) is 0 Å². The average Bonchev–Trinajstić information content (AvgIpc) is 2.52. The van der Waals surface area contributed by atoms with Gasteiger partial charge in [0.25, 0.3) is 5.56 Å². The van der Waals surface area contributed by atoms with Crippen molar-refractivity contribution in [2.75, 3.05) is 12.4 Å². The molecule has 0 aromatic carbocycles. The number of methoxy groups -OCH3 is 1. The molecule has 0 radical (unpaired) electrons. The molecular formula is C15H18N4O3. The number of aldehydes is 1. The van der Waals surface area contributed by atoms with Crippen molar-refractivity contribution in [2.45, 2.75) is 26.2 Å². The van der Waals surface area contributed by atoms with Crippen LogP contribution in [-0.2, 0) is 17.6 Å². The number of aromatic nitrogens is 3. The molecule has 116 valence electrons. The Morgan fingerprint density at radius 1 is 1.36 bits per heavy atom. The number of pyridine rings is 1. The van der Waals surface area contributed by atoms with E-state index in [4.69, 9.17) is 4.74 Å². The van der Waals surface area contributed by atoms with Crippen LogP contribution in [0.3, 0.4) is 0 Å². The molecule has 2 heterocycles. The van der Waals surface area contributed by atoms with Gasteiger partial charge in [-0.1, -0.05) is 6.92 Å². The third-order valence-electron chi connectivity index (χ3n) is 3.06. The maximum Gasteiger partial charge on any atom is 0.252 e. The minimum absolute atomic E-state index is 0.266. The van der Waals surface area contributed by atoms with Crippen molar-refractivity contribution in [2.24, 2.45) is 0 Å². The molecule has 2 aromatic rings. The van der Waals surface area contributed by atoms with Gasteiger partial charge < -0.3 is 14.8 Å². The molecule has 2 aromatic heterocycles. The topological polar surface area (TPSA) is 97.0 Å². The first-order chi connectivity index (χ1) is 10.7. The molecule has 7 nitrogen and oxygen atoms in total. The van der Waals surface area contributed by atoms with E-state index in [2.05, 4.69) is 20.3 Å². The van der Waals surface area contributed by atoms with E-state index in [1.165, 1.54) is 6.07 Å². The van der Waals surface area contributed by atoms with E-state index in [0.29, 0.717) is 36.8 Å². The summed E-state index contributed by atoms with van der Waals surface area (Å²) in [5, 5.41) is 3.06. The van der Waals surface area contributed by atoms with Crippen LogP contribution in [0.4, 0.5) is 11.6 Å². The maximum absolute atomic E-state index is 11.7. The second kappa shape index (κ2) is 7.35. The second-order valence-electron chi connectivity index (χ2n) is 4.62.